The molecule has 3 aromatic rings. The van der Waals surface area contributed by atoms with Gasteiger partial charge in [-0.05, 0) is 59.9 Å². The molecule has 1 aliphatic rings. The number of hydrogen-bond acceptors (Lipinski definition) is 3. The Morgan fingerprint density at radius 2 is 1.59 bits per heavy atom. The molecule has 0 aliphatic carbocycles. The number of alkyl halides is 3. The largest absolute Gasteiger partial charge is 0.573 e. The van der Waals surface area contributed by atoms with Gasteiger partial charge < -0.3 is 14.2 Å². The average molecular weight is 477 g/mol. The second-order valence-electron chi connectivity index (χ2n) is 8.70. The molecule has 4 rings (SSSR count). The molecule has 1 fully saturated rings. The highest BCUT2D eigenvalue weighted by molar-refractivity contribution is 5.84. The third-order valence-electron chi connectivity index (χ3n) is 6.22. The van der Waals surface area contributed by atoms with E-state index in [4.69, 9.17) is 9.47 Å². The molecular formula is C27H28F4O3. The standard InChI is InChI=1S/C27H28F4O3/c1-2-18-16-32-25(33-17-18)14-7-20-6-13-24-22(15-20)10-9-21(26(24)28)8-3-19-4-11-23(12-5-19)34-27(29,30)31/h4-6,9-13,15,18,25H,2-3,7-8,14,16-17H2,1H3. The molecule has 1 saturated heterocycles. The van der Waals surface area contributed by atoms with Gasteiger partial charge in [-0.1, -0.05) is 49.4 Å². The molecule has 0 aromatic heterocycles. The van der Waals surface area contributed by atoms with Gasteiger partial charge in [0.25, 0.3) is 0 Å². The lowest BCUT2D eigenvalue weighted by molar-refractivity contribution is -0.274. The summed E-state index contributed by atoms with van der Waals surface area (Å²) in [5.74, 6) is -0.0572. The quantitative estimate of drug-likeness (QED) is 0.328. The van der Waals surface area contributed by atoms with Crippen molar-refractivity contribution < 1.29 is 31.8 Å². The molecule has 0 N–H and O–H groups in total. The molecule has 7 heteroatoms. The van der Waals surface area contributed by atoms with E-state index in [1.54, 1.807) is 18.2 Å². The molecular weight excluding hydrogens is 448 g/mol. The van der Waals surface area contributed by atoms with Gasteiger partial charge in [-0.15, -0.1) is 13.2 Å². The maximum Gasteiger partial charge on any atom is 0.573 e. The fourth-order valence-corrected chi connectivity index (χ4v) is 4.14. The molecule has 3 nitrogen and oxygen atoms in total. The summed E-state index contributed by atoms with van der Waals surface area (Å²) in [4.78, 5) is 0. The Kier molecular flexibility index (Phi) is 7.73. The molecule has 0 spiro atoms. The number of rotatable bonds is 8. The maximum atomic E-state index is 15.1. The van der Waals surface area contributed by atoms with Crippen molar-refractivity contribution in [2.75, 3.05) is 13.2 Å². The van der Waals surface area contributed by atoms with Crippen LogP contribution in [0.5, 0.6) is 5.75 Å². The first kappa shape index (κ1) is 24.5. The van der Waals surface area contributed by atoms with Crippen molar-refractivity contribution >= 4 is 10.8 Å². The summed E-state index contributed by atoms with van der Waals surface area (Å²) in [6, 6.07) is 15.1. The molecule has 1 aliphatic heterocycles. The van der Waals surface area contributed by atoms with Crippen molar-refractivity contribution in [3.05, 3.63) is 77.1 Å². The van der Waals surface area contributed by atoms with Crippen LogP contribution in [-0.2, 0) is 28.7 Å². The van der Waals surface area contributed by atoms with Crippen LogP contribution in [-0.4, -0.2) is 25.9 Å². The minimum atomic E-state index is -4.72. The Hall–Kier alpha value is -2.64. The molecule has 0 bridgehead atoms. The molecule has 1 heterocycles. The van der Waals surface area contributed by atoms with E-state index in [0.29, 0.717) is 29.7 Å². The average Bonchev–Trinajstić information content (AvgIpc) is 2.82. The molecule has 0 saturated carbocycles. The van der Waals surface area contributed by atoms with Crippen LogP contribution >= 0.6 is 0 Å². The number of benzene rings is 3. The Morgan fingerprint density at radius 3 is 2.26 bits per heavy atom. The minimum absolute atomic E-state index is 0.188. The first-order chi connectivity index (χ1) is 16.3. The van der Waals surface area contributed by atoms with Crippen LogP contribution in [0.1, 0.15) is 36.5 Å². The van der Waals surface area contributed by atoms with E-state index in [2.05, 4.69) is 11.7 Å². The van der Waals surface area contributed by atoms with Crippen molar-refractivity contribution in [3.63, 3.8) is 0 Å². The number of halogens is 4. The van der Waals surface area contributed by atoms with Gasteiger partial charge >= 0.3 is 6.36 Å². The Morgan fingerprint density at radius 1 is 0.882 bits per heavy atom. The summed E-state index contributed by atoms with van der Waals surface area (Å²) < 4.78 is 67.4. The first-order valence-corrected chi connectivity index (χ1v) is 11.6. The summed E-state index contributed by atoms with van der Waals surface area (Å²) >= 11 is 0. The number of ether oxygens (including phenoxy) is 3. The zero-order valence-electron chi connectivity index (χ0n) is 19.0. The number of hydrogen-bond donors (Lipinski definition) is 0. The van der Waals surface area contributed by atoms with E-state index in [1.165, 1.54) is 12.1 Å². The van der Waals surface area contributed by atoms with Crippen LogP contribution < -0.4 is 4.74 Å². The molecule has 182 valence electrons. The molecule has 0 radical (unpaired) electrons. The van der Waals surface area contributed by atoms with Gasteiger partial charge in [-0.2, -0.15) is 0 Å². The van der Waals surface area contributed by atoms with Gasteiger partial charge in [-0.25, -0.2) is 4.39 Å². The smallest absolute Gasteiger partial charge is 0.406 e. The van der Waals surface area contributed by atoms with Gasteiger partial charge in [0.05, 0.1) is 13.2 Å². The monoisotopic (exact) mass is 476 g/mol. The SMILES string of the molecule is CCC1COC(CCc2ccc3c(F)c(CCc4ccc(OC(F)(F)F)cc4)ccc3c2)OC1. The Labute approximate surface area is 196 Å². The summed E-state index contributed by atoms with van der Waals surface area (Å²) in [6.07, 6.45) is -1.36. The van der Waals surface area contributed by atoms with Crippen LogP contribution in [0.2, 0.25) is 0 Å². The molecule has 0 unspecified atom stereocenters. The predicted octanol–water partition coefficient (Wildman–Crippen LogP) is 6.99. The summed E-state index contributed by atoms with van der Waals surface area (Å²) in [5, 5.41) is 1.40. The Bertz CT molecular complexity index is 1090. The first-order valence-electron chi connectivity index (χ1n) is 11.6. The zero-order chi connectivity index (χ0) is 24.1. The number of aryl methyl sites for hydroxylation is 3. The highest BCUT2D eigenvalue weighted by Gasteiger charge is 2.31. The van der Waals surface area contributed by atoms with Gasteiger partial charge in [0.1, 0.15) is 11.6 Å². The summed E-state index contributed by atoms with van der Waals surface area (Å²) in [7, 11) is 0. The van der Waals surface area contributed by atoms with Crippen LogP contribution in [0.4, 0.5) is 17.6 Å². The van der Waals surface area contributed by atoms with E-state index in [-0.39, 0.29) is 17.9 Å². The van der Waals surface area contributed by atoms with Crippen LogP contribution in [0.25, 0.3) is 10.8 Å². The molecule has 3 aromatic carbocycles. The molecule has 0 amide bonds. The molecule has 34 heavy (non-hydrogen) atoms. The number of fused-ring (bicyclic) bond motifs is 1. The van der Waals surface area contributed by atoms with E-state index in [9.17, 15) is 13.2 Å². The lowest BCUT2D eigenvalue weighted by Gasteiger charge is -2.28. The third kappa shape index (κ3) is 6.48. The normalized spacial score (nSPS) is 18.9. The van der Waals surface area contributed by atoms with Gasteiger partial charge in [0.2, 0.25) is 0 Å². The van der Waals surface area contributed by atoms with E-state index >= 15 is 4.39 Å². The van der Waals surface area contributed by atoms with Gasteiger partial charge in [0, 0.05) is 17.7 Å². The van der Waals surface area contributed by atoms with Gasteiger partial charge in [0.15, 0.2) is 6.29 Å². The predicted molar refractivity (Wildman–Crippen MR) is 122 cm³/mol. The highest BCUT2D eigenvalue weighted by Crippen LogP contribution is 2.26. The van der Waals surface area contributed by atoms with Crippen molar-refractivity contribution in [3.8, 4) is 5.75 Å². The highest BCUT2D eigenvalue weighted by atomic mass is 19.4. The second kappa shape index (κ2) is 10.7. The van der Waals surface area contributed by atoms with Crippen LogP contribution in [0.3, 0.4) is 0 Å². The van der Waals surface area contributed by atoms with Gasteiger partial charge in [-0.3, -0.25) is 0 Å². The summed E-state index contributed by atoms with van der Waals surface area (Å²) in [6.45, 7) is 3.60. The van der Waals surface area contributed by atoms with Crippen molar-refractivity contribution in [1.82, 2.24) is 0 Å². The minimum Gasteiger partial charge on any atom is -0.406 e. The Balaban J connectivity index is 1.35. The second-order valence-corrected chi connectivity index (χ2v) is 8.70. The van der Waals surface area contributed by atoms with Crippen molar-refractivity contribution in [2.24, 2.45) is 5.92 Å². The zero-order valence-corrected chi connectivity index (χ0v) is 19.0. The lowest BCUT2D eigenvalue weighted by atomic mass is 9.98. The molecule has 0 atom stereocenters. The fraction of sp³-hybridized carbons (Fsp3) is 0.407. The third-order valence-corrected chi connectivity index (χ3v) is 6.22. The maximum absolute atomic E-state index is 15.1. The van der Waals surface area contributed by atoms with Crippen LogP contribution in [0.15, 0.2) is 54.6 Å². The van der Waals surface area contributed by atoms with Crippen molar-refractivity contribution in [1.29, 1.82) is 0 Å². The van der Waals surface area contributed by atoms with Crippen molar-refractivity contribution in [2.45, 2.75) is 51.7 Å². The lowest BCUT2D eigenvalue weighted by Crippen LogP contribution is -2.32. The van der Waals surface area contributed by atoms with E-state index < -0.39 is 6.36 Å². The fourth-order valence-electron chi connectivity index (χ4n) is 4.14. The van der Waals surface area contributed by atoms with E-state index in [0.717, 1.165) is 49.0 Å². The van der Waals surface area contributed by atoms with E-state index in [1.807, 2.05) is 24.3 Å². The summed E-state index contributed by atoms with van der Waals surface area (Å²) in [5.41, 5.74) is 2.48. The topological polar surface area (TPSA) is 27.7 Å². The van der Waals surface area contributed by atoms with Crippen LogP contribution in [0, 0.1) is 11.7 Å².